The second kappa shape index (κ2) is 12.4. The minimum Gasteiger partial charge on any atom is -0.453 e. The Balaban J connectivity index is 0.00000338. The molecule has 0 spiro atoms. The molecule has 1 aromatic rings. The monoisotopic (exact) mass is 538 g/mol. The summed E-state index contributed by atoms with van der Waals surface area (Å²) < 4.78 is 5.88. The molecule has 0 saturated carbocycles. The first-order chi connectivity index (χ1) is 12.1. The van der Waals surface area contributed by atoms with Crippen molar-refractivity contribution in [3.05, 3.63) is 34.3 Å². The Labute approximate surface area is 181 Å². The van der Waals surface area contributed by atoms with E-state index in [1.54, 1.807) is 11.9 Å². The van der Waals surface area contributed by atoms with Crippen LogP contribution in [-0.4, -0.2) is 56.8 Å². The standard InChI is InChI=1S/C18H27BrN4O2.HI/c1-20-17(21-10-4-6-14-5-3-7-15(19)13-14)22-16-8-11-23(12-9-16)18(24)25-2;/h3,5,7,13,16H,4,6,8-12H2,1-2H3,(H2,20,21,22);1H. The molecule has 0 bridgehead atoms. The van der Waals surface area contributed by atoms with Gasteiger partial charge in [0.1, 0.15) is 0 Å². The molecule has 6 nitrogen and oxygen atoms in total. The summed E-state index contributed by atoms with van der Waals surface area (Å²) in [4.78, 5) is 17.5. The number of carbonyl (C=O) groups is 1. The van der Waals surface area contributed by atoms with Crippen LogP contribution in [0.2, 0.25) is 0 Å². The van der Waals surface area contributed by atoms with E-state index >= 15 is 0 Å². The Morgan fingerprint density at radius 2 is 2.12 bits per heavy atom. The lowest BCUT2D eigenvalue weighted by Gasteiger charge is -2.32. The van der Waals surface area contributed by atoms with Crippen LogP contribution in [0.4, 0.5) is 4.79 Å². The third-order valence-corrected chi connectivity index (χ3v) is 4.81. The number of carbonyl (C=O) groups excluding carboxylic acids is 1. The Bertz CT molecular complexity index is 592. The van der Waals surface area contributed by atoms with Crippen LogP contribution < -0.4 is 10.6 Å². The molecule has 26 heavy (non-hydrogen) atoms. The van der Waals surface area contributed by atoms with Crippen molar-refractivity contribution >= 4 is 52.0 Å². The molecule has 0 aliphatic carbocycles. The zero-order valence-electron chi connectivity index (χ0n) is 15.3. The van der Waals surface area contributed by atoms with Crippen molar-refractivity contribution < 1.29 is 9.53 Å². The lowest BCUT2D eigenvalue weighted by atomic mass is 10.1. The summed E-state index contributed by atoms with van der Waals surface area (Å²) >= 11 is 3.50. The molecule has 0 unspecified atom stereocenters. The first-order valence-electron chi connectivity index (χ1n) is 8.67. The second-order valence-electron chi connectivity index (χ2n) is 6.11. The average Bonchev–Trinajstić information content (AvgIpc) is 2.64. The molecule has 1 amide bonds. The normalized spacial score (nSPS) is 15.2. The number of ether oxygens (including phenoxy) is 1. The number of amides is 1. The van der Waals surface area contributed by atoms with E-state index in [-0.39, 0.29) is 30.1 Å². The molecule has 1 heterocycles. The first kappa shape index (κ1) is 23.0. The van der Waals surface area contributed by atoms with Crippen LogP contribution in [0, 0.1) is 0 Å². The lowest BCUT2D eigenvalue weighted by molar-refractivity contribution is 0.111. The van der Waals surface area contributed by atoms with Crippen LogP contribution in [0.5, 0.6) is 0 Å². The maximum Gasteiger partial charge on any atom is 0.409 e. The number of aliphatic imine (C=N–C) groups is 1. The second-order valence-corrected chi connectivity index (χ2v) is 7.02. The summed E-state index contributed by atoms with van der Waals surface area (Å²) in [6.07, 6.45) is 3.62. The Morgan fingerprint density at radius 1 is 1.38 bits per heavy atom. The van der Waals surface area contributed by atoms with E-state index in [0.29, 0.717) is 19.1 Å². The van der Waals surface area contributed by atoms with Crippen molar-refractivity contribution in [2.75, 3.05) is 33.8 Å². The van der Waals surface area contributed by atoms with Gasteiger partial charge in [-0.1, -0.05) is 28.1 Å². The van der Waals surface area contributed by atoms with E-state index in [1.807, 2.05) is 6.07 Å². The van der Waals surface area contributed by atoms with Crippen molar-refractivity contribution in [3.8, 4) is 0 Å². The summed E-state index contributed by atoms with van der Waals surface area (Å²) in [5, 5.41) is 6.81. The van der Waals surface area contributed by atoms with E-state index in [1.165, 1.54) is 12.7 Å². The minimum atomic E-state index is -0.242. The highest BCUT2D eigenvalue weighted by molar-refractivity contribution is 14.0. The molecule has 1 fully saturated rings. The van der Waals surface area contributed by atoms with Gasteiger partial charge in [-0.05, 0) is 43.4 Å². The highest BCUT2D eigenvalue weighted by Crippen LogP contribution is 2.13. The van der Waals surface area contributed by atoms with E-state index in [4.69, 9.17) is 4.74 Å². The van der Waals surface area contributed by atoms with Crippen molar-refractivity contribution in [3.63, 3.8) is 0 Å². The molecular weight excluding hydrogens is 511 g/mol. The van der Waals surface area contributed by atoms with E-state index in [2.05, 4.69) is 49.8 Å². The fourth-order valence-corrected chi connectivity index (χ4v) is 3.36. The number of guanidine groups is 1. The lowest BCUT2D eigenvalue weighted by Crippen LogP contribution is -2.49. The summed E-state index contributed by atoms with van der Waals surface area (Å²) in [6.45, 7) is 2.29. The number of benzene rings is 1. The van der Waals surface area contributed by atoms with Crippen molar-refractivity contribution in [1.29, 1.82) is 0 Å². The summed E-state index contributed by atoms with van der Waals surface area (Å²) in [5.41, 5.74) is 1.33. The van der Waals surface area contributed by atoms with Gasteiger partial charge in [0, 0.05) is 37.2 Å². The van der Waals surface area contributed by atoms with Gasteiger partial charge in [0.2, 0.25) is 0 Å². The SMILES string of the molecule is CN=C(NCCCc1cccc(Br)c1)NC1CCN(C(=O)OC)CC1.I. The van der Waals surface area contributed by atoms with Crippen LogP contribution >= 0.6 is 39.9 Å². The number of rotatable bonds is 5. The van der Waals surface area contributed by atoms with Crippen LogP contribution in [-0.2, 0) is 11.2 Å². The number of methoxy groups -OCH3 is 1. The number of piperidine rings is 1. The third-order valence-electron chi connectivity index (χ3n) is 4.32. The molecule has 0 radical (unpaired) electrons. The molecule has 2 N–H and O–H groups in total. The molecule has 8 heteroatoms. The Morgan fingerprint density at radius 3 is 2.73 bits per heavy atom. The van der Waals surface area contributed by atoms with E-state index < -0.39 is 0 Å². The predicted molar refractivity (Wildman–Crippen MR) is 119 cm³/mol. The number of nitrogens with one attached hydrogen (secondary N) is 2. The molecule has 2 rings (SSSR count). The fourth-order valence-electron chi connectivity index (χ4n) is 2.92. The van der Waals surface area contributed by atoms with Crippen molar-refractivity contribution in [1.82, 2.24) is 15.5 Å². The van der Waals surface area contributed by atoms with Crippen molar-refractivity contribution in [2.24, 2.45) is 4.99 Å². The molecule has 146 valence electrons. The quantitative estimate of drug-likeness (QED) is 0.261. The van der Waals surface area contributed by atoms with Gasteiger partial charge in [-0.15, -0.1) is 24.0 Å². The van der Waals surface area contributed by atoms with Crippen molar-refractivity contribution in [2.45, 2.75) is 31.7 Å². The maximum atomic E-state index is 11.5. The van der Waals surface area contributed by atoms with Gasteiger partial charge in [-0.2, -0.15) is 0 Å². The molecule has 1 aliphatic heterocycles. The molecule has 1 saturated heterocycles. The smallest absolute Gasteiger partial charge is 0.409 e. The number of nitrogens with zero attached hydrogens (tertiary/aromatic N) is 2. The third kappa shape index (κ3) is 7.69. The van der Waals surface area contributed by atoms with Crippen LogP contribution in [0.3, 0.4) is 0 Å². The molecular formula is C18H28BrIN4O2. The Hall–Kier alpha value is -1.03. The van der Waals surface area contributed by atoms with Gasteiger partial charge in [0.15, 0.2) is 5.96 Å². The van der Waals surface area contributed by atoms with Gasteiger partial charge in [-0.25, -0.2) is 4.79 Å². The number of likely N-dealkylation sites (tertiary alicyclic amines) is 1. The minimum absolute atomic E-state index is 0. The van der Waals surface area contributed by atoms with Gasteiger partial charge in [0.05, 0.1) is 7.11 Å². The van der Waals surface area contributed by atoms with Crippen LogP contribution in [0.1, 0.15) is 24.8 Å². The van der Waals surface area contributed by atoms with E-state index in [9.17, 15) is 4.79 Å². The highest BCUT2D eigenvalue weighted by atomic mass is 127. The number of aryl methyl sites for hydroxylation is 1. The summed E-state index contributed by atoms with van der Waals surface area (Å²) in [5.74, 6) is 0.825. The molecule has 1 aromatic carbocycles. The average molecular weight is 539 g/mol. The number of hydrogen-bond acceptors (Lipinski definition) is 3. The summed E-state index contributed by atoms with van der Waals surface area (Å²) in [6, 6.07) is 8.74. The predicted octanol–water partition coefficient (Wildman–Crippen LogP) is 3.40. The zero-order valence-corrected chi connectivity index (χ0v) is 19.2. The maximum absolute atomic E-state index is 11.5. The summed E-state index contributed by atoms with van der Waals surface area (Å²) in [7, 11) is 3.21. The fraction of sp³-hybridized carbons (Fsp3) is 0.556. The van der Waals surface area contributed by atoms with E-state index in [0.717, 1.165) is 42.7 Å². The molecule has 1 aliphatic rings. The zero-order chi connectivity index (χ0) is 18.1. The first-order valence-corrected chi connectivity index (χ1v) is 9.46. The molecule has 0 aromatic heterocycles. The molecule has 0 atom stereocenters. The van der Waals surface area contributed by atoms with Gasteiger partial charge < -0.3 is 20.3 Å². The van der Waals surface area contributed by atoms with Crippen LogP contribution in [0.25, 0.3) is 0 Å². The number of hydrogen-bond donors (Lipinski definition) is 2. The van der Waals surface area contributed by atoms with Gasteiger partial charge in [-0.3, -0.25) is 4.99 Å². The topological polar surface area (TPSA) is 66.0 Å². The van der Waals surface area contributed by atoms with Crippen LogP contribution in [0.15, 0.2) is 33.7 Å². The Kier molecular flexibility index (Phi) is 11.0. The van der Waals surface area contributed by atoms with Gasteiger partial charge >= 0.3 is 6.09 Å². The van der Waals surface area contributed by atoms with Gasteiger partial charge in [0.25, 0.3) is 0 Å². The number of halogens is 2. The largest absolute Gasteiger partial charge is 0.453 e. The highest BCUT2D eigenvalue weighted by Gasteiger charge is 2.23.